The largest absolute Gasteiger partial charge is 0.325 e. The van der Waals surface area contributed by atoms with E-state index in [-0.39, 0.29) is 16.3 Å². The van der Waals surface area contributed by atoms with Crippen LogP contribution in [-0.2, 0) is 21.2 Å². The van der Waals surface area contributed by atoms with E-state index in [1.165, 1.54) is 36.4 Å². The predicted molar refractivity (Wildman–Crippen MR) is 115 cm³/mol. The van der Waals surface area contributed by atoms with Crippen molar-refractivity contribution in [3.63, 3.8) is 0 Å². The van der Waals surface area contributed by atoms with Gasteiger partial charge in [0.05, 0.1) is 4.90 Å². The second kappa shape index (κ2) is 8.53. The van der Waals surface area contributed by atoms with Gasteiger partial charge >= 0.3 is 0 Å². The van der Waals surface area contributed by atoms with Gasteiger partial charge in [0, 0.05) is 15.9 Å². The number of hydrogen-bond acceptors (Lipinski definition) is 4. The minimum atomic E-state index is -4.08. The van der Waals surface area contributed by atoms with Crippen LogP contribution in [0.4, 0.5) is 10.1 Å². The molecule has 0 aliphatic heterocycles. The number of nitrogens with one attached hydrogen (secondary N) is 1. The number of pyridine rings is 1. The van der Waals surface area contributed by atoms with Crippen LogP contribution >= 0.6 is 15.9 Å². The number of rotatable bonds is 5. The zero-order valence-corrected chi connectivity index (χ0v) is 18.6. The molecule has 0 atom stereocenters. The summed E-state index contributed by atoms with van der Waals surface area (Å²) in [5.74, 6) is -0.982. The van der Waals surface area contributed by atoms with Gasteiger partial charge in [0.1, 0.15) is 17.3 Å². The summed E-state index contributed by atoms with van der Waals surface area (Å²) in [5, 5.41) is 2.56. The number of carbonyl (C=O) groups is 1. The molecular formula is C21H18BrFN2O4S. The molecule has 1 amide bonds. The number of carbonyl (C=O) groups excluding carboxylic acids is 1. The first-order chi connectivity index (χ1) is 14.1. The number of halogens is 2. The maximum Gasteiger partial charge on any atom is 0.270 e. The summed E-state index contributed by atoms with van der Waals surface area (Å²) in [4.78, 5) is 25.1. The molecule has 1 N–H and O–H groups in total. The third-order valence-electron chi connectivity index (χ3n) is 4.47. The van der Waals surface area contributed by atoms with Crippen molar-refractivity contribution in [1.82, 2.24) is 4.57 Å². The Labute approximate surface area is 181 Å². The number of hydrogen-bond donors (Lipinski definition) is 1. The first-order valence-corrected chi connectivity index (χ1v) is 11.1. The molecule has 0 aliphatic rings. The van der Waals surface area contributed by atoms with Crippen molar-refractivity contribution in [3.05, 3.63) is 86.5 Å². The van der Waals surface area contributed by atoms with Crippen molar-refractivity contribution < 1.29 is 17.6 Å². The lowest BCUT2D eigenvalue weighted by Crippen LogP contribution is -2.33. The van der Waals surface area contributed by atoms with Crippen molar-refractivity contribution in [2.24, 2.45) is 0 Å². The van der Waals surface area contributed by atoms with Crippen LogP contribution in [0.2, 0.25) is 0 Å². The number of amides is 1. The highest BCUT2D eigenvalue weighted by Gasteiger charge is 2.26. The van der Waals surface area contributed by atoms with Gasteiger partial charge < -0.3 is 9.88 Å². The van der Waals surface area contributed by atoms with Gasteiger partial charge in [0.2, 0.25) is 15.7 Å². The van der Waals surface area contributed by atoms with Crippen molar-refractivity contribution in [1.29, 1.82) is 0 Å². The Morgan fingerprint density at radius 2 is 1.67 bits per heavy atom. The molecule has 0 unspecified atom stereocenters. The Morgan fingerprint density at radius 3 is 2.27 bits per heavy atom. The van der Waals surface area contributed by atoms with E-state index in [1.807, 2.05) is 0 Å². The lowest BCUT2D eigenvalue weighted by Gasteiger charge is -2.15. The standard InChI is InChI=1S/C21H18BrFN2O4S/c1-13-11-14(2)25(12-19(26)24-17-7-5-16(23)6-8-17)21(27)20(13)30(28,29)18-9-3-15(22)4-10-18/h3-11H,12H2,1-2H3,(H,24,26). The van der Waals surface area contributed by atoms with Gasteiger partial charge in [-0.25, -0.2) is 12.8 Å². The summed E-state index contributed by atoms with van der Waals surface area (Å²) >= 11 is 3.25. The Balaban J connectivity index is 1.99. The first kappa shape index (κ1) is 21.9. The molecule has 0 bridgehead atoms. The Bertz CT molecular complexity index is 1270. The van der Waals surface area contributed by atoms with Crippen molar-refractivity contribution in [2.45, 2.75) is 30.2 Å². The molecule has 1 heterocycles. The van der Waals surface area contributed by atoms with E-state index in [0.29, 0.717) is 21.4 Å². The highest BCUT2D eigenvalue weighted by Crippen LogP contribution is 2.23. The minimum absolute atomic E-state index is 0.0166. The number of aryl methyl sites for hydroxylation is 2. The number of nitrogens with zero attached hydrogens (tertiary/aromatic N) is 1. The Kier molecular flexibility index (Phi) is 6.23. The molecule has 0 saturated heterocycles. The van der Waals surface area contributed by atoms with E-state index < -0.39 is 27.1 Å². The molecule has 9 heteroatoms. The number of benzene rings is 2. The molecule has 0 fully saturated rings. The molecule has 0 aliphatic carbocycles. The van der Waals surface area contributed by atoms with Crippen LogP contribution in [0.5, 0.6) is 0 Å². The molecule has 0 spiro atoms. The first-order valence-electron chi connectivity index (χ1n) is 8.86. The highest BCUT2D eigenvalue weighted by atomic mass is 79.9. The lowest BCUT2D eigenvalue weighted by atomic mass is 10.2. The van der Waals surface area contributed by atoms with E-state index in [2.05, 4.69) is 21.2 Å². The van der Waals surface area contributed by atoms with Crippen LogP contribution in [0.15, 0.2) is 73.7 Å². The van der Waals surface area contributed by atoms with Crippen LogP contribution in [0.1, 0.15) is 11.3 Å². The maximum atomic E-state index is 13.1. The van der Waals surface area contributed by atoms with Crippen molar-refractivity contribution in [3.8, 4) is 0 Å². The normalized spacial score (nSPS) is 11.3. The molecule has 3 rings (SSSR count). The molecule has 0 saturated carbocycles. The van der Waals surface area contributed by atoms with Gasteiger partial charge in [-0.2, -0.15) is 0 Å². The number of sulfone groups is 1. The second-order valence-electron chi connectivity index (χ2n) is 6.70. The van der Waals surface area contributed by atoms with E-state index in [4.69, 9.17) is 0 Å². The molecular weight excluding hydrogens is 475 g/mol. The quantitative estimate of drug-likeness (QED) is 0.586. The summed E-state index contributed by atoms with van der Waals surface area (Å²) < 4.78 is 41.0. The van der Waals surface area contributed by atoms with E-state index in [9.17, 15) is 22.4 Å². The Morgan fingerprint density at radius 1 is 1.07 bits per heavy atom. The summed E-state index contributed by atoms with van der Waals surface area (Å²) in [6, 6.07) is 12.7. The predicted octanol–water partition coefficient (Wildman–Crippen LogP) is 3.84. The fourth-order valence-corrected chi connectivity index (χ4v) is 4.86. The van der Waals surface area contributed by atoms with Gasteiger partial charge in [0.15, 0.2) is 0 Å². The second-order valence-corrected chi connectivity index (χ2v) is 9.50. The molecule has 0 radical (unpaired) electrons. The smallest absolute Gasteiger partial charge is 0.270 e. The van der Waals surface area contributed by atoms with Crippen LogP contribution in [0.3, 0.4) is 0 Å². The van der Waals surface area contributed by atoms with Crippen LogP contribution in [-0.4, -0.2) is 18.9 Å². The van der Waals surface area contributed by atoms with Crippen LogP contribution in [0.25, 0.3) is 0 Å². The summed E-state index contributed by atoms with van der Waals surface area (Å²) in [6.07, 6.45) is 0. The van der Waals surface area contributed by atoms with Crippen molar-refractivity contribution >= 4 is 37.4 Å². The SMILES string of the molecule is Cc1cc(C)n(CC(=O)Nc2ccc(F)cc2)c(=O)c1S(=O)(=O)c1ccc(Br)cc1. The van der Waals surface area contributed by atoms with E-state index >= 15 is 0 Å². The van der Waals surface area contributed by atoms with Gasteiger partial charge in [-0.1, -0.05) is 15.9 Å². The van der Waals surface area contributed by atoms with Gasteiger partial charge in [-0.05, 0) is 74.0 Å². The monoisotopic (exact) mass is 492 g/mol. The molecule has 3 aromatic rings. The fourth-order valence-electron chi connectivity index (χ4n) is 3.04. The average Bonchev–Trinajstić information content (AvgIpc) is 2.67. The minimum Gasteiger partial charge on any atom is -0.325 e. The Hall–Kier alpha value is -2.78. The van der Waals surface area contributed by atoms with Crippen LogP contribution < -0.4 is 10.9 Å². The van der Waals surface area contributed by atoms with E-state index in [0.717, 1.165) is 4.57 Å². The third-order valence-corrected chi connectivity index (χ3v) is 6.93. The summed E-state index contributed by atoms with van der Waals surface area (Å²) in [5.41, 5.74) is 0.337. The molecule has 156 valence electrons. The molecule has 6 nitrogen and oxygen atoms in total. The van der Waals surface area contributed by atoms with Crippen molar-refractivity contribution in [2.75, 3.05) is 5.32 Å². The number of aromatic nitrogens is 1. The number of anilines is 1. The molecule has 2 aromatic carbocycles. The fraction of sp³-hybridized carbons (Fsp3) is 0.143. The lowest BCUT2D eigenvalue weighted by molar-refractivity contribution is -0.116. The van der Waals surface area contributed by atoms with Gasteiger partial charge in [-0.15, -0.1) is 0 Å². The zero-order valence-electron chi connectivity index (χ0n) is 16.1. The third kappa shape index (κ3) is 4.52. The highest BCUT2D eigenvalue weighted by molar-refractivity contribution is 9.10. The summed E-state index contributed by atoms with van der Waals surface area (Å²) in [6.45, 7) is 2.78. The maximum absolute atomic E-state index is 13.1. The van der Waals surface area contributed by atoms with E-state index in [1.54, 1.807) is 32.0 Å². The topological polar surface area (TPSA) is 85.2 Å². The van der Waals surface area contributed by atoms with Crippen LogP contribution in [0, 0.1) is 19.7 Å². The summed E-state index contributed by atoms with van der Waals surface area (Å²) in [7, 11) is -4.08. The zero-order chi connectivity index (χ0) is 22.1. The molecule has 30 heavy (non-hydrogen) atoms. The van der Waals surface area contributed by atoms with Gasteiger partial charge in [0.25, 0.3) is 5.56 Å². The van der Waals surface area contributed by atoms with Gasteiger partial charge in [-0.3, -0.25) is 9.59 Å². The average molecular weight is 493 g/mol. The molecule has 1 aromatic heterocycles.